The summed E-state index contributed by atoms with van der Waals surface area (Å²) < 4.78 is 12.1. The van der Waals surface area contributed by atoms with Gasteiger partial charge in [0, 0.05) is 32.2 Å². The normalized spacial score (nSPS) is 18.9. The lowest BCUT2D eigenvalue weighted by Crippen LogP contribution is -2.23. The average Bonchev–Trinajstić information content (AvgIpc) is 3.20. The molecule has 23 heavy (non-hydrogen) atoms. The summed E-state index contributed by atoms with van der Waals surface area (Å²) in [6.45, 7) is 4.23. The SMILES string of the molecule is COCCc1noc(CN2CCC[C@H]2c2c(C)nn(C)c2Cl)n1. The summed E-state index contributed by atoms with van der Waals surface area (Å²) in [5.74, 6) is 1.33. The van der Waals surface area contributed by atoms with Crippen LogP contribution in [0, 0.1) is 6.92 Å². The average molecular weight is 340 g/mol. The van der Waals surface area contributed by atoms with Crippen molar-refractivity contribution < 1.29 is 9.26 Å². The van der Waals surface area contributed by atoms with Gasteiger partial charge in [-0.25, -0.2) is 0 Å². The first-order valence-corrected chi connectivity index (χ1v) is 8.21. The lowest BCUT2D eigenvalue weighted by molar-refractivity contribution is 0.199. The molecular weight excluding hydrogens is 318 g/mol. The van der Waals surface area contributed by atoms with Gasteiger partial charge in [0.05, 0.1) is 18.8 Å². The van der Waals surface area contributed by atoms with Crippen LogP contribution >= 0.6 is 11.6 Å². The summed E-state index contributed by atoms with van der Waals surface area (Å²) in [4.78, 5) is 6.77. The first-order valence-electron chi connectivity index (χ1n) is 7.83. The van der Waals surface area contributed by atoms with E-state index in [-0.39, 0.29) is 6.04 Å². The molecule has 0 spiro atoms. The van der Waals surface area contributed by atoms with Crippen LogP contribution in [0.4, 0.5) is 0 Å². The molecule has 2 aromatic heterocycles. The summed E-state index contributed by atoms with van der Waals surface area (Å²) >= 11 is 6.43. The zero-order valence-electron chi connectivity index (χ0n) is 13.8. The number of halogens is 1. The summed E-state index contributed by atoms with van der Waals surface area (Å²) in [7, 11) is 3.54. The van der Waals surface area contributed by atoms with E-state index in [2.05, 4.69) is 20.1 Å². The minimum Gasteiger partial charge on any atom is -0.384 e. The lowest BCUT2D eigenvalue weighted by atomic mass is 10.1. The van der Waals surface area contributed by atoms with Crippen LogP contribution in [-0.4, -0.2) is 45.1 Å². The van der Waals surface area contributed by atoms with Crippen molar-refractivity contribution in [1.82, 2.24) is 24.8 Å². The number of aromatic nitrogens is 4. The maximum atomic E-state index is 6.43. The fourth-order valence-electron chi connectivity index (χ4n) is 3.19. The van der Waals surface area contributed by atoms with Crippen LogP contribution in [0.5, 0.6) is 0 Å². The van der Waals surface area contributed by atoms with Crippen molar-refractivity contribution in [2.75, 3.05) is 20.3 Å². The second-order valence-corrected chi connectivity index (χ2v) is 6.25. The molecular formula is C15H22ClN5O2. The maximum Gasteiger partial charge on any atom is 0.240 e. The number of rotatable bonds is 6. The number of aryl methyl sites for hydroxylation is 2. The zero-order chi connectivity index (χ0) is 16.4. The molecule has 126 valence electrons. The van der Waals surface area contributed by atoms with E-state index >= 15 is 0 Å². The molecule has 7 nitrogen and oxygen atoms in total. The summed E-state index contributed by atoms with van der Waals surface area (Å²) in [5, 5.41) is 9.14. The van der Waals surface area contributed by atoms with Gasteiger partial charge in [0.2, 0.25) is 5.89 Å². The highest BCUT2D eigenvalue weighted by Crippen LogP contribution is 2.38. The third-order valence-electron chi connectivity index (χ3n) is 4.27. The van der Waals surface area contributed by atoms with Crippen molar-refractivity contribution in [2.24, 2.45) is 7.05 Å². The van der Waals surface area contributed by atoms with Crippen molar-refractivity contribution in [3.63, 3.8) is 0 Å². The molecule has 0 bridgehead atoms. The van der Waals surface area contributed by atoms with Crippen LogP contribution in [0.1, 0.15) is 41.9 Å². The van der Waals surface area contributed by atoms with Crippen molar-refractivity contribution in [1.29, 1.82) is 0 Å². The largest absolute Gasteiger partial charge is 0.384 e. The van der Waals surface area contributed by atoms with Crippen molar-refractivity contribution in [3.05, 3.63) is 28.1 Å². The van der Waals surface area contributed by atoms with Crippen LogP contribution < -0.4 is 0 Å². The first-order chi connectivity index (χ1) is 11.1. The minimum absolute atomic E-state index is 0.255. The summed E-state index contributed by atoms with van der Waals surface area (Å²) in [6, 6.07) is 0.255. The number of likely N-dealkylation sites (tertiary alicyclic amines) is 1. The van der Waals surface area contributed by atoms with Gasteiger partial charge in [-0.1, -0.05) is 16.8 Å². The van der Waals surface area contributed by atoms with Crippen LogP contribution in [-0.2, 0) is 24.8 Å². The third kappa shape index (κ3) is 3.41. The number of methoxy groups -OCH3 is 1. The molecule has 0 unspecified atom stereocenters. The number of hydrogen-bond donors (Lipinski definition) is 0. The van der Waals surface area contributed by atoms with Crippen molar-refractivity contribution in [2.45, 2.75) is 38.8 Å². The van der Waals surface area contributed by atoms with E-state index < -0.39 is 0 Å². The highest BCUT2D eigenvalue weighted by atomic mass is 35.5. The summed E-state index contributed by atoms with van der Waals surface area (Å²) in [6.07, 6.45) is 2.86. The molecule has 0 N–H and O–H groups in total. The third-order valence-corrected chi connectivity index (χ3v) is 4.72. The molecule has 1 saturated heterocycles. The van der Waals surface area contributed by atoms with Gasteiger partial charge in [0.15, 0.2) is 5.82 Å². The van der Waals surface area contributed by atoms with Gasteiger partial charge in [0.1, 0.15) is 5.15 Å². The van der Waals surface area contributed by atoms with E-state index in [4.69, 9.17) is 20.9 Å². The fourth-order valence-corrected chi connectivity index (χ4v) is 3.49. The van der Waals surface area contributed by atoms with E-state index in [9.17, 15) is 0 Å². The Hall–Kier alpha value is -1.44. The predicted molar refractivity (Wildman–Crippen MR) is 85.2 cm³/mol. The second-order valence-electron chi connectivity index (χ2n) is 5.89. The van der Waals surface area contributed by atoms with Crippen LogP contribution in [0.25, 0.3) is 0 Å². The molecule has 0 aliphatic carbocycles. The van der Waals surface area contributed by atoms with E-state index in [0.29, 0.717) is 36.4 Å². The van der Waals surface area contributed by atoms with E-state index in [1.54, 1.807) is 11.8 Å². The van der Waals surface area contributed by atoms with Gasteiger partial charge in [-0.3, -0.25) is 9.58 Å². The Bertz CT molecular complexity index is 669. The Morgan fingerprint density at radius 3 is 2.96 bits per heavy atom. The first kappa shape index (κ1) is 16.4. The molecule has 0 radical (unpaired) electrons. The molecule has 3 rings (SSSR count). The predicted octanol–water partition coefficient (Wildman–Crippen LogP) is 2.29. The highest BCUT2D eigenvalue weighted by Gasteiger charge is 2.32. The Kier molecular flexibility index (Phi) is 4.99. The molecule has 1 atom stereocenters. The van der Waals surface area contributed by atoms with Crippen LogP contribution in [0.2, 0.25) is 5.15 Å². The van der Waals surface area contributed by atoms with Gasteiger partial charge >= 0.3 is 0 Å². The smallest absolute Gasteiger partial charge is 0.240 e. The molecule has 1 aliphatic heterocycles. The molecule has 2 aromatic rings. The van der Waals surface area contributed by atoms with Crippen molar-refractivity contribution >= 4 is 11.6 Å². The molecule has 1 aliphatic rings. The molecule has 8 heteroatoms. The second kappa shape index (κ2) is 6.98. The highest BCUT2D eigenvalue weighted by molar-refractivity contribution is 6.30. The Morgan fingerprint density at radius 2 is 2.26 bits per heavy atom. The topological polar surface area (TPSA) is 69.2 Å². The lowest BCUT2D eigenvalue weighted by Gasteiger charge is -2.22. The van der Waals surface area contributed by atoms with Crippen LogP contribution in [0.3, 0.4) is 0 Å². The van der Waals surface area contributed by atoms with Gasteiger partial charge in [-0.2, -0.15) is 10.1 Å². The Balaban J connectivity index is 1.73. The standard InChI is InChI=1S/C15H22ClN5O2/c1-10-14(15(16)20(2)18-10)11-5-4-7-21(11)9-13-17-12(19-23-13)6-8-22-3/h11H,4-9H2,1-3H3/t11-/m0/s1. The zero-order valence-corrected chi connectivity index (χ0v) is 14.5. The summed E-state index contributed by atoms with van der Waals surface area (Å²) in [5.41, 5.74) is 2.10. The van der Waals surface area contributed by atoms with Gasteiger partial charge in [-0.05, 0) is 26.3 Å². The minimum atomic E-state index is 0.255. The van der Waals surface area contributed by atoms with E-state index in [1.165, 1.54) is 0 Å². The number of hydrogen-bond acceptors (Lipinski definition) is 6. The molecule has 0 amide bonds. The van der Waals surface area contributed by atoms with Gasteiger partial charge in [-0.15, -0.1) is 0 Å². The van der Waals surface area contributed by atoms with Gasteiger partial charge in [0.25, 0.3) is 0 Å². The van der Waals surface area contributed by atoms with Gasteiger partial charge < -0.3 is 9.26 Å². The van der Waals surface area contributed by atoms with E-state index in [0.717, 1.165) is 30.6 Å². The number of nitrogens with zero attached hydrogens (tertiary/aromatic N) is 5. The Morgan fingerprint density at radius 1 is 1.43 bits per heavy atom. The number of ether oxygens (including phenoxy) is 1. The van der Waals surface area contributed by atoms with Crippen molar-refractivity contribution in [3.8, 4) is 0 Å². The molecule has 3 heterocycles. The quantitative estimate of drug-likeness (QED) is 0.804. The molecule has 1 fully saturated rings. The van der Waals surface area contributed by atoms with E-state index in [1.807, 2.05) is 14.0 Å². The molecule has 0 saturated carbocycles. The maximum absolute atomic E-state index is 6.43. The van der Waals surface area contributed by atoms with Crippen LogP contribution in [0.15, 0.2) is 4.52 Å². The molecule has 0 aromatic carbocycles. The monoisotopic (exact) mass is 339 g/mol. The Labute approximate surface area is 140 Å². The fraction of sp³-hybridized carbons (Fsp3) is 0.667.